The molecule has 0 fully saturated rings. The van der Waals surface area contributed by atoms with Gasteiger partial charge < -0.3 is 14.0 Å². The molecule has 0 unspecified atom stereocenters. The maximum Gasteiger partial charge on any atom is 0.160 e. The molecule has 0 aliphatic carbocycles. The Morgan fingerprint density at radius 1 is 1.32 bits per heavy atom. The average molecular weight is 284 g/mol. The summed E-state index contributed by atoms with van der Waals surface area (Å²) in [5.41, 5.74) is 2.83. The molecule has 0 N–H and O–H groups in total. The Morgan fingerprint density at radius 2 is 2.16 bits per heavy atom. The summed E-state index contributed by atoms with van der Waals surface area (Å²) in [6.45, 7) is 4.47. The van der Waals surface area contributed by atoms with Crippen molar-refractivity contribution in [1.29, 1.82) is 0 Å². The molecule has 0 saturated carbocycles. The van der Waals surface area contributed by atoms with Gasteiger partial charge in [0, 0.05) is 19.9 Å². The van der Waals surface area contributed by atoms with E-state index >= 15 is 0 Å². The van der Waals surface area contributed by atoms with Crippen molar-refractivity contribution in [3.05, 3.63) is 23.7 Å². The maximum absolute atomic E-state index is 5.93. The Bertz CT molecular complexity index is 542. The van der Waals surface area contributed by atoms with E-state index in [9.17, 15) is 0 Å². The molecule has 0 spiro atoms. The summed E-state index contributed by atoms with van der Waals surface area (Å²) in [6, 6.07) is 2.01. The van der Waals surface area contributed by atoms with Gasteiger partial charge in [0.05, 0.1) is 25.7 Å². The Labute approximate surface area is 117 Å². The van der Waals surface area contributed by atoms with Crippen molar-refractivity contribution in [3.63, 3.8) is 0 Å². The summed E-state index contributed by atoms with van der Waals surface area (Å²) in [7, 11) is 1.66. The fourth-order valence-corrected chi connectivity index (χ4v) is 2.10. The van der Waals surface area contributed by atoms with Crippen LogP contribution in [0.2, 0.25) is 0 Å². The standard InChI is InChI=1S/C13H18ClN3O2/c1-10-7-11-13(15-9-10)17(12(8-14)16-11)3-4-19-6-5-18-2/h7,9H,3-6,8H2,1-2H3. The molecule has 0 bridgehead atoms. The van der Waals surface area contributed by atoms with E-state index in [0.717, 1.165) is 22.6 Å². The van der Waals surface area contributed by atoms with Crippen LogP contribution in [0.25, 0.3) is 11.2 Å². The highest BCUT2D eigenvalue weighted by atomic mass is 35.5. The van der Waals surface area contributed by atoms with Gasteiger partial charge in [-0.3, -0.25) is 0 Å². The predicted molar refractivity (Wildman–Crippen MR) is 74.5 cm³/mol. The number of fused-ring (bicyclic) bond motifs is 1. The summed E-state index contributed by atoms with van der Waals surface area (Å²) in [6.07, 6.45) is 1.84. The van der Waals surface area contributed by atoms with Crippen molar-refractivity contribution < 1.29 is 9.47 Å². The number of hydrogen-bond donors (Lipinski definition) is 0. The Hall–Kier alpha value is -1.17. The third-order valence-corrected chi connectivity index (χ3v) is 3.05. The van der Waals surface area contributed by atoms with Crippen LogP contribution in [-0.2, 0) is 21.9 Å². The first-order valence-electron chi connectivity index (χ1n) is 6.20. The third kappa shape index (κ3) is 3.43. The van der Waals surface area contributed by atoms with Crippen LogP contribution in [0, 0.1) is 6.92 Å². The van der Waals surface area contributed by atoms with Gasteiger partial charge in [0.15, 0.2) is 5.65 Å². The number of rotatable bonds is 7. The minimum Gasteiger partial charge on any atom is -0.382 e. The third-order valence-electron chi connectivity index (χ3n) is 2.81. The summed E-state index contributed by atoms with van der Waals surface area (Å²) < 4.78 is 12.4. The maximum atomic E-state index is 5.93. The van der Waals surface area contributed by atoms with Crippen LogP contribution in [0.5, 0.6) is 0 Å². The minimum absolute atomic E-state index is 0.369. The Morgan fingerprint density at radius 3 is 2.89 bits per heavy atom. The van der Waals surface area contributed by atoms with E-state index in [-0.39, 0.29) is 0 Å². The van der Waals surface area contributed by atoms with E-state index in [2.05, 4.69) is 9.97 Å². The molecule has 0 radical (unpaired) electrons. The van der Waals surface area contributed by atoms with Crippen molar-refractivity contribution >= 4 is 22.8 Å². The number of hydrogen-bond acceptors (Lipinski definition) is 4. The number of methoxy groups -OCH3 is 1. The minimum atomic E-state index is 0.369. The lowest BCUT2D eigenvalue weighted by Crippen LogP contribution is -2.11. The lowest BCUT2D eigenvalue weighted by atomic mass is 10.3. The molecule has 19 heavy (non-hydrogen) atoms. The van der Waals surface area contributed by atoms with E-state index in [1.54, 1.807) is 7.11 Å². The number of nitrogens with zero attached hydrogens (tertiary/aromatic N) is 3. The molecule has 0 aliphatic heterocycles. The molecular weight excluding hydrogens is 266 g/mol. The lowest BCUT2D eigenvalue weighted by molar-refractivity contribution is 0.0667. The smallest absolute Gasteiger partial charge is 0.160 e. The molecule has 0 atom stereocenters. The molecular formula is C13H18ClN3O2. The van der Waals surface area contributed by atoms with Crippen LogP contribution in [-0.4, -0.2) is 41.5 Å². The number of halogens is 1. The summed E-state index contributed by atoms with van der Waals surface area (Å²) >= 11 is 5.93. The van der Waals surface area contributed by atoms with E-state index in [4.69, 9.17) is 21.1 Å². The van der Waals surface area contributed by atoms with Crippen LogP contribution >= 0.6 is 11.6 Å². The molecule has 2 rings (SSSR count). The van der Waals surface area contributed by atoms with E-state index in [0.29, 0.717) is 32.2 Å². The SMILES string of the molecule is COCCOCCn1c(CCl)nc2cc(C)cnc21. The summed E-state index contributed by atoms with van der Waals surface area (Å²) in [4.78, 5) is 8.92. The van der Waals surface area contributed by atoms with Crippen molar-refractivity contribution in [2.45, 2.75) is 19.3 Å². The van der Waals surface area contributed by atoms with E-state index in [1.807, 2.05) is 23.8 Å². The van der Waals surface area contributed by atoms with E-state index < -0.39 is 0 Å². The van der Waals surface area contributed by atoms with Crippen LogP contribution < -0.4 is 0 Å². The van der Waals surface area contributed by atoms with Crippen molar-refractivity contribution in [1.82, 2.24) is 14.5 Å². The highest BCUT2D eigenvalue weighted by Crippen LogP contribution is 2.16. The van der Waals surface area contributed by atoms with Gasteiger partial charge in [-0.15, -0.1) is 11.6 Å². The highest BCUT2D eigenvalue weighted by molar-refractivity contribution is 6.16. The van der Waals surface area contributed by atoms with Crippen molar-refractivity contribution in [2.75, 3.05) is 26.9 Å². The van der Waals surface area contributed by atoms with Gasteiger partial charge in [-0.05, 0) is 18.6 Å². The lowest BCUT2D eigenvalue weighted by Gasteiger charge is -2.07. The summed E-state index contributed by atoms with van der Waals surface area (Å²) in [5, 5.41) is 0. The fourth-order valence-electron chi connectivity index (χ4n) is 1.90. The van der Waals surface area contributed by atoms with Gasteiger partial charge in [-0.2, -0.15) is 0 Å². The van der Waals surface area contributed by atoms with Gasteiger partial charge in [0.25, 0.3) is 0 Å². The predicted octanol–water partition coefficient (Wildman–Crippen LogP) is 2.14. The van der Waals surface area contributed by atoms with Gasteiger partial charge in [-0.1, -0.05) is 0 Å². The largest absolute Gasteiger partial charge is 0.382 e. The zero-order valence-corrected chi connectivity index (χ0v) is 12.0. The molecule has 6 heteroatoms. The molecule has 0 amide bonds. The van der Waals surface area contributed by atoms with Crippen LogP contribution in [0.1, 0.15) is 11.4 Å². The Kier molecular flexibility index (Phi) is 5.13. The topological polar surface area (TPSA) is 49.2 Å². The van der Waals surface area contributed by atoms with Crippen LogP contribution in [0.3, 0.4) is 0 Å². The first-order chi connectivity index (χ1) is 9.26. The van der Waals surface area contributed by atoms with Crippen molar-refractivity contribution in [3.8, 4) is 0 Å². The van der Waals surface area contributed by atoms with Crippen molar-refractivity contribution in [2.24, 2.45) is 0 Å². The molecule has 104 valence electrons. The number of aromatic nitrogens is 3. The van der Waals surface area contributed by atoms with Crippen LogP contribution in [0.15, 0.2) is 12.3 Å². The van der Waals surface area contributed by atoms with Gasteiger partial charge >= 0.3 is 0 Å². The normalized spacial score (nSPS) is 11.3. The molecule has 0 saturated heterocycles. The van der Waals surface area contributed by atoms with Gasteiger partial charge in [0.1, 0.15) is 11.3 Å². The molecule has 2 heterocycles. The molecule has 2 aromatic heterocycles. The molecule has 2 aromatic rings. The number of alkyl halides is 1. The average Bonchev–Trinajstić information content (AvgIpc) is 2.75. The zero-order chi connectivity index (χ0) is 13.7. The first-order valence-corrected chi connectivity index (χ1v) is 6.74. The quantitative estimate of drug-likeness (QED) is 0.577. The van der Waals surface area contributed by atoms with Gasteiger partial charge in [0.2, 0.25) is 0 Å². The first kappa shape index (κ1) is 14.2. The number of ether oxygens (including phenoxy) is 2. The van der Waals surface area contributed by atoms with Gasteiger partial charge in [-0.25, -0.2) is 9.97 Å². The highest BCUT2D eigenvalue weighted by Gasteiger charge is 2.10. The fraction of sp³-hybridized carbons (Fsp3) is 0.538. The van der Waals surface area contributed by atoms with E-state index in [1.165, 1.54) is 0 Å². The second-order valence-corrected chi connectivity index (χ2v) is 4.54. The number of aryl methyl sites for hydroxylation is 1. The molecule has 0 aliphatic rings. The number of pyridine rings is 1. The molecule has 5 nitrogen and oxygen atoms in total. The monoisotopic (exact) mass is 283 g/mol. The summed E-state index contributed by atoms with van der Waals surface area (Å²) in [5.74, 6) is 1.19. The van der Waals surface area contributed by atoms with Crippen LogP contribution in [0.4, 0.5) is 0 Å². The molecule has 0 aromatic carbocycles. The second kappa shape index (κ2) is 6.84. The second-order valence-electron chi connectivity index (χ2n) is 4.27. The number of imidazole rings is 1. The zero-order valence-electron chi connectivity index (χ0n) is 11.2. The Balaban J connectivity index is 2.11.